The van der Waals surface area contributed by atoms with E-state index in [4.69, 9.17) is 9.51 Å². The highest BCUT2D eigenvalue weighted by molar-refractivity contribution is 7.10. The number of hydrogen-bond donors (Lipinski definition) is 1. The van der Waals surface area contributed by atoms with Crippen molar-refractivity contribution < 1.29 is 9.32 Å². The van der Waals surface area contributed by atoms with E-state index in [0.717, 1.165) is 64.9 Å². The molecule has 8 heteroatoms. The number of H-pyrrole nitrogens is 1. The molecule has 0 saturated carbocycles. The molecule has 1 aliphatic rings. The molecule has 1 fully saturated rings. The standard InChI is InChI=1S/C24H23N5O2S/c1-16-22(23(28-31-16)17-5-3-2-4-6-17)20-14-32-24(27-20)18-9-11-29(12-10-18)21(30)8-7-19-13-25-15-26-19/h2-8,13-15,18H,9-12H2,1H3,(H,25,26)/b8-7+. The number of carbonyl (C=O) groups excluding carboxylic acids is 1. The first-order valence-electron chi connectivity index (χ1n) is 10.6. The van der Waals surface area contributed by atoms with Crippen LogP contribution in [-0.4, -0.2) is 44.0 Å². The van der Waals surface area contributed by atoms with Gasteiger partial charge < -0.3 is 14.4 Å². The average Bonchev–Trinajstić information content (AvgIpc) is 3.59. The third-order valence-corrected chi connectivity index (χ3v) is 6.78. The number of aromatic nitrogens is 4. The molecule has 4 heterocycles. The molecule has 1 N–H and O–H groups in total. The van der Waals surface area contributed by atoms with E-state index in [2.05, 4.69) is 20.5 Å². The number of hydrogen-bond acceptors (Lipinski definition) is 6. The van der Waals surface area contributed by atoms with E-state index in [1.54, 1.807) is 36.0 Å². The lowest BCUT2D eigenvalue weighted by atomic mass is 9.97. The van der Waals surface area contributed by atoms with Gasteiger partial charge in [-0.05, 0) is 25.8 Å². The van der Waals surface area contributed by atoms with Crippen molar-refractivity contribution in [1.82, 2.24) is 25.0 Å². The van der Waals surface area contributed by atoms with Crippen LogP contribution in [0.5, 0.6) is 0 Å². The second kappa shape index (κ2) is 8.92. The Labute approximate surface area is 189 Å². The van der Waals surface area contributed by atoms with Gasteiger partial charge in [0.05, 0.1) is 34.5 Å². The second-order valence-corrected chi connectivity index (χ2v) is 8.73. The number of nitrogens with one attached hydrogen (secondary N) is 1. The van der Waals surface area contributed by atoms with E-state index in [0.29, 0.717) is 5.92 Å². The lowest BCUT2D eigenvalue weighted by Crippen LogP contribution is -2.36. The SMILES string of the molecule is Cc1onc(-c2ccccc2)c1-c1csc(C2CCN(C(=O)/C=C/c3cnc[nH]3)CC2)n1. The van der Waals surface area contributed by atoms with E-state index in [1.165, 1.54) is 0 Å². The molecule has 1 aromatic carbocycles. The van der Waals surface area contributed by atoms with Crippen LogP contribution in [0.25, 0.3) is 28.6 Å². The molecule has 0 spiro atoms. The first-order chi connectivity index (χ1) is 15.7. The summed E-state index contributed by atoms with van der Waals surface area (Å²) < 4.78 is 5.51. The minimum Gasteiger partial charge on any atom is -0.360 e. The van der Waals surface area contributed by atoms with Crippen molar-refractivity contribution in [3.05, 3.63) is 70.8 Å². The molecular formula is C24H23N5O2S. The van der Waals surface area contributed by atoms with Crippen molar-refractivity contribution in [2.24, 2.45) is 0 Å². The number of rotatable bonds is 5. The van der Waals surface area contributed by atoms with Crippen LogP contribution in [0.4, 0.5) is 0 Å². The van der Waals surface area contributed by atoms with Gasteiger partial charge in [-0.3, -0.25) is 4.79 Å². The number of carbonyl (C=O) groups is 1. The van der Waals surface area contributed by atoms with Crippen molar-refractivity contribution in [1.29, 1.82) is 0 Å². The summed E-state index contributed by atoms with van der Waals surface area (Å²) in [5.41, 5.74) is 4.52. The van der Waals surface area contributed by atoms with Gasteiger partial charge in [0, 0.05) is 36.0 Å². The van der Waals surface area contributed by atoms with E-state index in [-0.39, 0.29) is 5.91 Å². The third kappa shape index (κ3) is 4.13. The van der Waals surface area contributed by atoms with Gasteiger partial charge in [0.2, 0.25) is 5.91 Å². The summed E-state index contributed by atoms with van der Waals surface area (Å²) in [6, 6.07) is 10.0. The fraction of sp³-hybridized carbons (Fsp3) is 0.250. The Morgan fingerprint density at radius 1 is 1.25 bits per heavy atom. The van der Waals surface area contributed by atoms with Crippen LogP contribution in [0.3, 0.4) is 0 Å². The molecule has 0 unspecified atom stereocenters. The monoisotopic (exact) mass is 445 g/mol. The summed E-state index contributed by atoms with van der Waals surface area (Å²) in [5, 5.41) is 7.48. The Morgan fingerprint density at radius 3 is 2.81 bits per heavy atom. The first kappa shape index (κ1) is 20.4. The Bertz CT molecular complexity index is 1220. The summed E-state index contributed by atoms with van der Waals surface area (Å²) in [6.07, 6.45) is 8.48. The molecule has 162 valence electrons. The summed E-state index contributed by atoms with van der Waals surface area (Å²) >= 11 is 1.68. The zero-order chi connectivity index (χ0) is 21.9. The molecule has 0 aliphatic carbocycles. The Balaban J connectivity index is 1.27. The minimum absolute atomic E-state index is 0.0328. The van der Waals surface area contributed by atoms with Gasteiger partial charge in [0.25, 0.3) is 0 Å². The fourth-order valence-corrected chi connectivity index (χ4v) is 5.01. The van der Waals surface area contributed by atoms with E-state index in [9.17, 15) is 4.79 Å². The predicted octanol–water partition coefficient (Wildman–Crippen LogP) is 4.92. The Hall–Kier alpha value is -3.52. The van der Waals surface area contributed by atoms with Crippen LogP contribution in [0.2, 0.25) is 0 Å². The average molecular weight is 446 g/mol. The van der Waals surface area contributed by atoms with Gasteiger partial charge in [0.1, 0.15) is 11.5 Å². The number of imidazole rings is 1. The topological polar surface area (TPSA) is 87.9 Å². The quantitative estimate of drug-likeness (QED) is 0.441. The molecule has 1 aliphatic heterocycles. The molecule has 3 aromatic heterocycles. The maximum atomic E-state index is 12.5. The molecule has 32 heavy (non-hydrogen) atoms. The molecule has 0 atom stereocenters. The smallest absolute Gasteiger partial charge is 0.246 e. The maximum absolute atomic E-state index is 12.5. The van der Waals surface area contributed by atoms with E-state index in [1.807, 2.05) is 42.2 Å². The highest BCUT2D eigenvalue weighted by atomic mass is 32.1. The number of benzene rings is 1. The molecular weight excluding hydrogens is 422 g/mol. The van der Waals surface area contributed by atoms with Crippen LogP contribution in [0.1, 0.15) is 35.2 Å². The van der Waals surface area contributed by atoms with Gasteiger partial charge in [0.15, 0.2) is 0 Å². The number of aryl methyl sites for hydroxylation is 1. The van der Waals surface area contributed by atoms with Gasteiger partial charge >= 0.3 is 0 Å². The van der Waals surface area contributed by atoms with Crippen LogP contribution >= 0.6 is 11.3 Å². The van der Waals surface area contributed by atoms with Crippen LogP contribution in [0, 0.1) is 6.92 Å². The number of likely N-dealkylation sites (tertiary alicyclic amines) is 1. The lowest BCUT2D eigenvalue weighted by Gasteiger charge is -2.30. The lowest BCUT2D eigenvalue weighted by molar-refractivity contribution is -0.126. The molecule has 0 bridgehead atoms. The van der Waals surface area contributed by atoms with Crippen LogP contribution in [0.15, 0.2) is 58.8 Å². The summed E-state index contributed by atoms with van der Waals surface area (Å²) in [6.45, 7) is 3.38. The summed E-state index contributed by atoms with van der Waals surface area (Å²) in [7, 11) is 0. The zero-order valence-electron chi connectivity index (χ0n) is 17.7. The van der Waals surface area contributed by atoms with Crippen LogP contribution in [-0.2, 0) is 4.79 Å². The molecule has 0 radical (unpaired) electrons. The van der Waals surface area contributed by atoms with Crippen molar-refractivity contribution in [3.8, 4) is 22.5 Å². The van der Waals surface area contributed by atoms with Crippen molar-refractivity contribution in [3.63, 3.8) is 0 Å². The number of aromatic amines is 1. The van der Waals surface area contributed by atoms with Gasteiger partial charge in [-0.15, -0.1) is 11.3 Å². The van der Waals surface area contributed by atoms with Crippen molar-refractivity contribution in [2.45, 2.75) is 25.7 Å². The largest absolute Gasteiger partial charge is 0.360 e. The highest BCUT2D eigenvalue weighted by Crippen LogP contribution is 2.37. The second-order valence-electron chi connectivity index (χ2n) is 7.84. The highest BCUT2D eigenvalue weighted by Gasteiger charge is 2.26. The number of amides is 1. The van der Waals surface area contributed by atoms with Crippen molar-refractivity contribution >= 4 is 23.3 Å². The number of piperidine rings is 1. The van der Waals surface area contributed by atoms with Gasteiger partial charge in [-0.2, -0.15) is 0 Å². The molecule has 1 amide bonds. The minimum atomic E-state index is 0.0328. The Morgan fingerprint density at radius 2 is 2.06 bits per heavy atom. The fourth-order valence-electron chi connectivity index (χ4n) is 4.03. The predicted molar refractivity (Wildman–Crippen MR) is 124 cm³/mol. The maximum Gasteiger partial charge on any atom is 0.246 e. The van der Waals surface area contributed by atoms with Gasteiger partial charge in [-0.25, -0.2) is 9.97 Å². The first-order valence-corrected chi connectivity index (χ1v) is 11.5. The van der Waals surface area contributed by atoms with Crippen molar-refractivity contribution in [2.75, 3.05) is 13.1 Å². The van der Waals surface area contributed by atoms with Gasteiger partial charge in [-0.1, -0.05) is 35.5 Å². The van der Waals surface area contributed by atoms with E-state index < -0.39 is 0 Å². The molecule has 4 aromatic rings. The molecule has 1 saturated heterocycles. The number of thiazole rings is 1. The summed E-state index contributed by atoms with van der Waals surface area (Å²) in [5.74, 6) is 1.16. The summed E-state index contributed by atoms with van der Waals surface area (Å²) in [4.78, 5) is 26.3. The molecule has 7 nitrogen and oxygen atoms in total. The zero-order valence-corrected chi connectivity index (χ0v) is 18.5. The number of nitrogens with zero attached hydrogens (tertiary/aromatic N) is 4. The van der Waals surface area contributed by atoms with Crippen LogP contribution < -0.4 is 0 Å². The Kier molecular flexibility index (Phi) is 5.68. The third-order valence-electron chi connectivity index (χ3n) is 5.77. The normalized spacial score (nSPS) is 15.0. The van der Waals surface area contributed by atoms with E-state index >= 15 is 0 Å². The molecule has 5 rings (SSSR count).